The number of benzene rings is 2. The highest BCUT2D eigenvalue weighted by molar-refractivity contribution is 5.85. The van der Waals surface area contributed by atoms with E-state index in [9.17, 15) is 0 Å². The zero-order valence-electron chi connectivity index (χ0n) is 26.5. The molecule has 1 atom stereocenters. The van der Waals surface area contributed by atoms with Gasteiger partial charge in [0.1, 0.15) is 0 Å². The second-order valence-electron chi connectivity index (χ2n) is 11.4. The Morgan fingerprint density at radius 1 is 1.00 bits per heavy atom. The molecule has 41 heavy (non-hydrogen) atoms. The average molecular weight is 549 g/mol. The maximum Gasteiger partial charge on any atom is 0.0346 e. The van der Waals surface area contributed by atoms with E-state index in [4.69, 9.17) is 5.73 Å². The number of anilines is 1. The predicted molar refractivity (Wildman–Crippen MR) is 183 cm³/mol. The van der Waals surface area contributed by atoms with E-state index < -0.39 is 0 Å². The van der Waals surface area contributed by atoms with Crippen LogP contribution in [0.4, 0.5) is 5.69 Å². The molecule has 1 heterocycles. The predicted octanol–water partition coefficient (Wildman–Crippen LogP) is 11.1. The minimum Gasteiger partial charge on any atom is -0.399 e. The number of fused-ring (bicyclic) bond motifs is 5. The van der Waals surface area contributed by atoms with Gasteiger partial charge in [-0.2, -0.15) is 0 Å². The van der Waals surface area contributed by atoms with Crippen molar-refractivity contribution < 1.29 is 0 Å². The fourth-order valence-electron chi connectivity index (χ4n) is 5.92. The van der Waals surface area contributed by atoms with Crippen LogP contribution in [0.3, 0.4) is 0 Å². The molecule has 6 bridgehead atoms. The third-order valence-electron chi connectivity index (χ3n) is 8.03. The second-order valence-corrected chi connectivity index (χ2v) is 11.4. The molecule has 2 aliphatic carbocycles. The number of allylic oxidation sites excluding steroid dienone is 8. The van der Waals surface area contributed by atoms with E-state index in [-0.39, 0.29) is 5.92 Å². The lowest BCUT2D eigenvalue weighted by Gasteiger charge is -2.28. The van der Waals surface area contributed by atoms with Crippen molar-refractivity contribution in [3.63, 3.8) is 0 Å². The van der Waals surface area contributed by atoms with Crippen molar-refractivity contribution in [1.29, 1.82) is 0 Å². The topological polar surface area (TPSA) is 38.4 Å². The molecule has 5 rings (SSSR count). The molecule has 0 saturated carbocycles. The summed E-state index contributed by atoms with van der Waals surface area (Å²) in [7, 11) is 0. The highest BCUT2D eigenvalue weighted by Crippen LogP contribution is 2.44. The lowest BCUT2D eigenvalue weighted by Crippen LogP contribution is -2.12. The number of nitrogens with two attached hydrogens (primary N) is 1. The van der Waals surface area contributed by atoms with E-state index >= 15 is 0 Å². The van der Waals surface area contributed by atoms with Gasteiger partial charge in [-0.15, -0.1) is 0 Å². The Morgan fingerprint density at radius 2 is 1.78 bits per heavy atom. The normalized spacial score (nSPS) is 18.8. The largest absolute Gasteiger partial charge is 0.399 e. The van der Waals surface area contributed by atoms with Gasteiger partial charge in [0.2, 0.25) is 0 Å². The van der Waals surface area contributed by atoms with Gasteiger partial charge in [-0.25, -0.2) is 0 Å². The van der Waals surface area contributed by atoms with Gasteiger partial charge < -0.3 is 5.73 Å². The summed E-state index contributed by atoms with van der Waals surface area (Å²) in [5.74, 6) is 0.241. The first-order valence-corrected chi connectivity index (χ1v) is 15.9. The molecule has 2 heteroatoms. The first kappa shape index (κ1) is 32.1. The highest BCUT2D eigenvalue weighted by atomic mass is 14.7. The van der Waals surface area contributed by atoms with Crippen molar-refractivity contribution >= 4 is 17.5 Å². The number of hydrogen-bond acceptors (Lipinski definition) is 2. The third-order valence-corrected chi connectivity index (χ3v) is 8.03. The van der Waals surface area contributed by atoms with Crippen LogP contribution in [0.2, 0.25) is 0 Å². The molecule has 0 amide bonds. The minimum absolute atomic E-state index is 0.241. The summed E-state index contributed by atoms with van der Waals surface area (Å²) in [5.41, 5.74) is 20.6. The van der Waals surface area contributed by atoms with Crippen LogP contribution in [0.5, 0.6) is 0 Å². The molecule has 2 aromatic rings. The van der Waals surface area contributed by atoms with Crippen LogP contribution in [0.25, 0.3) is 5.57 Å². The van der Waals surface area contributed by atoms with Gasteiger partial charge in [-0.3, -0.25) is 4.99 Å². The van der Waals surface area contributed by atoms with Crippen molar-refractivity contribution in [3.8, 4) is 0 Å². The van der Waals surface area contributed by atoms with Gasteiger partial charge >= 0.3 is 0 Å². The first-order valence-electron chi connectivity index (χ1n) is 15.9. The Bertz CT molecular complexity index is 1340. The Labute approximate surface area is 250 Å². The Hall–Kier alpha value is -3.39. The summed E-state index contributed by atoms with van der Waals surface area (Å²) in [4.78, 5) is 4.47. The smallest absolute Gasteiger partial charge is 0.0346 e. The number of rotatable bonds is 4. The number of hydrogen-bond donors (Lipinski definition) is 1. The van der Waals surface area contributed by atoms with E-state index in [2.05, 4.69) is 100 Å². The molecule has 3 aliphatic rings. The molecular weight excluding hydrogens is 496 g/mol. The molecule has 0 radical (unpaired) electrons. The third kappa shape index (κ3) is 8.55. The number of aryl methyl sites for hydroxylation is 2. The number of unbranched alkanes of at least 4 members (excludes halogenated alkanes) is 2. The average Bonchev–Trinajstić information content (AvgIpc) is 3.50. The van der Waals surface area contributed by atoms with Gasteiger partial charge in [-0.1, -0.05) is 119 Å². The zero-order valence-corrected chi connectivity index (χ0v) is 26.5. The Morgan fingerprint density at radius 3 is 2.44 bits per heavy atom. The van der Waals surface area contributed by atoms with Crippen molar-refractivity contribution in [3.05, 3.63) is 118 Å². The minimum atomic E-state index is 0.241. The molecule has 1 unspecified atom stereocenters. The molecule has 2 N–H and O–H groups in total. The summed E-state index contributed by atoms with van der Waals surface area (Å²) < 4.78 is 0. The van der Waals surface area contributed by atoms with E-state index in [0.717, 1.165) is 49.8 Å². The number of aliphatic imine (C=N–C) groups is 1. The number of nitrogen functional groups attached to an aromatic ring is 1. The molecule has 2 nitrogen and oxygen atoms in total. The van der Waals surface area contributed by atoms with Crippen LogP contribution in [0.1, 0.15) is 115 Å². The zero-order chi connectivity index (χ0) is 29.8. The molecule has 218 valence electrons. The highest BCUT2D eigenvalue weighted by Gasteiger charge is 2.26. The lowest BCUT2D eigenvalue weighted by atomic mass is 9.76. The maximum absolute atomic E-state index is 6.44. The summed E-state index contributed by atoms with van der Waals surface area (Å²) >= 11 is 0. The molecule has 0 aromatic heterocycles. The Kier molecular flexibility index (Phi) is 12.7. The van der Waals surface area contributed by atoms with Crippen LogP contribution in [0, 0.1) is 0 Å². The van der Waals surface area contributed by atoms with Crippen molar-refractivity contribution in [2.24, 2.45) is 4.99 Å². The summed E-state index contributed by atoms with van der Waals surface area (Å²) in [5, 5.41) is 0. The maximum atomic E-state index is 6.44. The van der Waals surface area contributed by atoms with Gasteiger partial charge in [0.05, 0.1) is 0 Å². The molecule has 2 aromatic carbocycles. The molecule has 0 saturated heterocycles. The summed E-state index contributed by atoms with van der Waals surface area (Å²) in [6.07, 6.45) is 19.1. The van der Waals surface area contributed by atoms with Crippen LogP contribution in [0.15, 0.2) is 100 Å². The van der Waals surface area contributed by atoms with Gasteiger partial charge in [-0.05, 0) is 91.0 Å². The van der Waals surface area contributed by atoms with Gasteiger partial charge in [0.25, 0.3) is 0 Å². The van der Waals surface area contributed by atoms with Crippen LogP contribution in [-0.4, -0.2) is 6.21 Å². The van der Waals surface area contributed by atoms with Gasteiger partial charge in [0, 0.05) is 30.4 Å². The monoisotopic (exact) mass is 548 g/mol. The van der Waals surface area contributed by atoms with Crippen LogP contribution < -0.4 is 5.73 Å². The van der Waals surface area contributed by atoms with E-state index in [1.807, 2.05) is 20.1 Å². The molecule has 0 spiro atoms. The van der Waals surface area contributed by atoms with E-state index in [0.29, 0.717) is 0 Å². The SMILES string of the molecule is C=C(C)/C=C1\C2=C(C)CCC(=C2)C(C2=CN=CC2)c2ccc(N)c(c2)CCCc2cccc1c2.CC.CCCCC. The van der Waals surface area contributed by atoms with E-state index in [1.165, 1.54) is 69.4 Å². The van der Waals surface area contributed by atoms with Crippen LogP contribution in [-0.2, 0) is 12.8 Å². The second kappa shape index (κ2) is 16.2. The fourth-order valence-corrected chi connectivity index (χ4v) is 5.92. The molecular formula is C39H52N2. The van der Waals surface area contributed by atoms with E-state index in [1.54, 1.807) is 0 Å². The molecule has 0 fully saturated rings. The standard InChI is InChI=1S/C32H34N2.C5H12.C2H6/c1-21(2)16-30-24-8-4-6-23(17-24)7-5-9-25-18-26(12-13-31(25)33)32(28-14-15-34-20-28)27-11-10-22(3)29(30)19-27;1-3-5-4-2;1-2/h4,6,8,12-13,15-20,32H,1,5,7,9-11,14,33H2,2-3H3;3-5H2,1-2H3;1-2H3/b30-16-;;. The summed E-state index contributed by atoms with van der Waals surface area (Å²) in [6.45, 7) is 17.0. The number of nitrogens with zero attached hydrogens (tertiary/aromatic N) is 1. The van der Waals surface area contributed by atoms with Crippen molar-refractivity contribution in [1.82, 2.24) is 0 Å². The summed E-state index contributed by atoms with van der Waals surface area (Å²) in [6, 6.07) is 15.8. The Balaban J connectivity index is 0.000000598. The quantitative estimate of drug-likeness (QED) is 0.379. The first-order chi connectivity index (χ1) is 19.9. The van der Waals surface area contributed by atoms with Crippen molar-refractivity contribution in [2.75, 3.05) is 5.73 Å². The fraction of sp³-hybridized carbons (Fsp3) is 0.410. The van der Waals surface area contributed by atoms with Gasteiger partial charge in [0.15, 0.2) is 0 Å². The van der Waals surface area contributed by atoms with Crippen molar-refractivity contribution in [2.45, 2.75) is 105 Å². The lowest BCUT2D eigenvalue weighted by molar-refractivity contribution is 0.772. The van der Waals surface area contributed by atoms with Crippen LogP contribution >= 0.6 is 0 Å². The molecule has 1 aliphatic heterocycles.